The quantitative estimate of drug-likeness (QED) is 0.882. The van der Waals surface area contributed by atoms with E-state index in [0.717, 1.165) is 29.0 Å². The van der Waals surface area contributed by atoms with Crippen LogP contribution in [0, 0.1) is 0 Å². The molecule has 0 aromatic carbocycles. The highest BCUT2D eigenvalue weighted by molar-refractivity contribution is 7.21. The summed E-state index contributed by atoms with van der Waals surface area (Å²) in [6.07, 6.45) is 1.73. The summed E-state index contributed by atoms with van der Waals surface area (Å²) in [5, 5.41) is 0.833. The molecule has 2 aromatic heterocycles. The number of amides is 1. The number of thiophene rings is 1. The van der Waals surface area contributed by atoms with E-state index < -0.39 is 5.91 Å². The molecule has 4 N–H and O–H groups in total. The van der Waals surface area contributed by atoms with Crippen LogP contribution in [0.4, 0.5) is 11.4 Å². The first-order chi connectivity index (χ1) is 8.60. The van der Waals surface area contributed by atoms with Crippen LogP contribution in [0.25, 0.3) is 10.2 Å². The number of nitrogens with zero attached hydrogens (tertiary/aromatic N) is 2. The molecule has 0 aliphatic carbocycles. The van der Waals surface area contributed by atoms with Crippen LogP contribution in [-0.4, -0.2) is 24.0 Å². The Morgan fingerprint density at radius 2 is 2.11 bits per heavy atom. The minimum atomic E-state index is -0.499. The monoisotopic (exact) mass is 264 g/mol. The van der Waals surface area contributed by atoms with E-state index in [9.17, 15) is 4.79 Å². The molecule has 2 aromatic rings. The van der Waals surface area contributed by atoms with E-state index in [1.807, 2.05) is 6.07 Å². The lowest BCUT2D eigenvalue weighted by atomic mass is 10.2. The Bertz CT molecular complexity index is 589. The zero-order valence-electron chi connectivity index (χ0n) is 10.4. The number of primary amides is 1. The Morgan fingerprint density at radius 3 is 2.67 bits per heavy atom. The van der Waals surface area contributed by atoms with E-state index in [4.69, 9.17) is 11.5 Å². The zero-order valence-corrected chi connectivity index (χ0v) is 11.3. The largest absolute Gasteiger partial charge is 0.397 e. The molecule has 0 atom stereocenters. The summed E-state index contributed by atoms with van der Waals surface area (Å²) in [5.41, 5.74) is 12.8. The van der Waals surface area contributed by atoms with Crippen LogP contribution in [0.15, 0.2) is 12.3 Å². The number of carbonyl (C=O) groups is 1. The fourth-order valence-electron chi connectivity index (χ4n) is 2.04. The third-order valence-corrected chi connectivity index (χ3v) is 4.06. The molecule has 0 spiro atoms. The van der Waals surface area contributed by atoms with Crippen molar-refractivity contribution in [3.05, 3.63) is 17.1 Å². The minimum Gasteiger partial charge on any atom is -0.397 e. The first-order valence-corrected chi connectivity index (χ1v) is 6.63. The van der Waals surface area contributed by atoms with Gasteiger partial charge in [-0.25, -0.2) is 4.98 Å². The Balaban J connectivity index is 2.72. The Morgan fingerprint density at radius 1 is 1.44 bits per heavy atom. The van der Waals surface area contributed by atoms with Crippen LogP contribution in [0.1, 0.15) is 23.5 Å². The normalized spacial score (nSPS) is 10.8. The maximum absolute atomic E-state index is 11.3. The number of nitrogen functional groups attached to an aromatic ring is 1. The number of aromatic nitrogens is 1. The van der Waals surface area contributed by atoms with Crippen molar-refractivity contribution >= 4 is 38.8 Å². The van der Waals surface area contributed by atoms with Gasteiger partial charge in [0.2, 0.25) is 0 Å². The Labute approximate surface area is 109 Å². The SMILES string of the molecule is CCN(CC)c1ccnc2sc(C(N)=O)c(N)c12. The van der Waals surface area contributed by atoms with Crippen LogP contribution in [0.3, 0.4) is 0 Å². The number of rotatable bonds is 4. The second-order valence-electron chi connectivity index (χ2n) is 3.89. The molecule has 18 heavy (non-hydrogen) atoms. The van der Waals surface area contributed by atoms with Gasteiger partial charge in [-0.1, -0.05) is 0 Å². The highest BCUT2D eigenvalue weighted by Crippen LogP contribution is 2.38. The first kappa shape index (κ1) is 12.6. The molecule has 0 fully saturated rings. The van der Waals surface area contributed by atoms with E-state index in [1.165, 1.54) is 11.3 Å². The highest BCUT2D eigenvalue weighted by atomic mass is 32.1. The number of carbonyl (C=O) groups excluding carboxylic acids is 1. The van der Waals surface area contributed by atoms with E-state index in [-0.39, 0.29) is 0 Å². The van der Waals surface area contributed by atoms with Gasteiger partial charge >= 0.3 is 0 Å². The predicted octanol–water partition coefficient (Wildman–Crippen LogP) is 1.82. The molecule has 0 aliphatic rings. The van der Waals surface area contributed by atoms with E-state index in [0.29, 0.717) is 10.6 Å². The van der Waals surface area contributed by atoms with Crippen molar-refractivity contribution in [2.24, 2.45) is 5.73 Å². The summed E-state index contributed by atoms with van der Waals surface area (Å²) >= 11 is 1.25. The van der Waals surface area contributed by atoms with Crippen molar-refractivity contribution in [3.63, 3.8) is 0 Å². The molecule has 0 saturated heterocycles. The zero-order chi connectivity index (χ0) is 13.3. The molecule has 2 heterocycles. The molecular formula is C12H16N4OS. The van der Waals surface area contributed by atoms with Gasteiger partial charge in [-0.3, -0.25) is 4.79 Å². The summed E-state index contributed by atoms with van der Waals surface area (Å²) < 4.78 is 0. The number of anilines is 2. The average molecular weight is 264 g/mol. The smallest absolute Gasteiger partial charge is 0.260 e. The standard InChI is InChI=1S/C12H16N4OS/c1-3-16(4-2)7-5-6-15-12-8(7)9(13)10(18-12)11(14)17/h5-6H,3-4,13H2,1-2H3,(H2,14,17). The van der Waals surface area contributed by atoms with Crippen molar-refractivity contribution in [2.45, 2.75) is 13.8 Å². The molecule has 0 radical (unpaired) electrons. The van der Waals surface area contributed by atoms with Gasteiger partial charge in [-0.15, -0.1) is 11.3 Å². The topological polar surface area (TPSA) is 85.2 Å². The molecule has 0 unspecified atom stereocenters. The van der Waals surface area contributed by atoms with Gasteiger partial charge in [0, 0.05) is 19.3 Å². The Kier molecular flexibility index (Phi) is 3.38. The van der Waals surface area contributed by atoms with Crippen LogP contribution < -0.4 is 16.4 Å². The molecule has 5 nitrogen and oxygen atoms in total. The molecule has 0 saturated carbocycles. The second kappa shape index (κ2) is 4.81. The maximum atomic E-state index is 11.3. The predicted molar refractivity (Wildman–Crippen MR) is 76.1 cm³/mol. The fourth-order valence-corrected chi connectivity index (χ4v) is 2.98. The van der Waals surface area contributed by atoms with Gasteiger partial charge in [-0.2, -0.15) is 0 Å². The highest BCUT2D eigenvalue weighted by Gasteiger charge is 2.19. The summed E-state index contributed by atoms with van der Waals surface area (Å²) in [7, 11) is 0. The molecule has 1 amide bonds. The number of nitrogens with two attached hydrogens (primary N) is 2. The maximum Gasteiger partial charge on any atom is 0.260 e. The fraction of sp³-hybridized carbons (Fsp3) is 0.333. The molecule has 0 aliphatic heterocycles. The summed E-state index contributed by atoms with van der Waals surface area (Å²) in [5.74, 6) is -0.499. The lowest BCUT2D eigenvalue weighted by molar-refractivity contribution is 0.100. The summed E-state index contributed by atoms with van der Waals surface area (Å²) in [6.45, 7) is 5.90. The first-order valence-electron chi connectivity index (χ1n) is 5.81. The van der Waals surface area contributed by atoms with Gasteiger partial charge in [0.25, 0.3) is 5.91 Å². The number of fused-ring (bicyclic) bond motifs is 1. The van der Waals surface area contributed by atoms with E-state index in [1.54, 1.807) is 6.20 Å². The number of pyridine rings is 1. The lowest BCUT2D eigenvalue weighted by Gasteiger charge is -2.21. The second-order valence-corrected chi connectivity index (χ2v) is 4.89. The van der Waals surface area contributed by atoms with Gasteiger partial charge in [-0.05, 0) is 19.9 Å². The van der Waals surface area contributed by atoms with Gasteiger partial charge in [0.05, 0.1) is 16.8 Å². The molecule has 2 rings (SSSR count). The van der Waals surface area contributed by atoms with E-state index >= 15 is 0 Å². The van der Waals surface area contributed by atoms with E-state index in [2.05, 4.69) is 23.7 Å². The van der Waals surface area contributed by atoms with Crippen molar-refractivity contribution in [1.82, 2.24) is 4.98 Å². The molecule has 6 heteroatoms. The van der Waals surface area contributed by atoms with Crippen molar-refractivity contribution in [3.8, 4) is 0 Å². The number of hydrogen-bond acceptors (Lipinski definition) is 5. The Hall–Kier alpha value is -1.82. The van der Waals surface area contributed by atoms with Crippen LogP contribution in [0.2, 0.25) is 0 Å². The average Bonchev–Trinajstić information content (AvgIpc) is 2.69. The number of hydrogen-bond donors (Lipinski definition) is 2. The van der Waals surface area contributed by atoms with Gasteiger partial charge in [0.15, 0.2) is 0 Å². The minimum absolute atomic E-state index is 0.386. The van der Waals surface area contributed by atoms with Gasteiger partial charge < -0.3 is 16.4 Å². The van der Waals surface area contributed by atoms with Gasteiger partial charge in [0.1, 0.15) is 9.71 Å². The molecule has 96 valence electrons. The van der Waals surface area contributed by atoms with Crippen LogP contribution >= 0.6 is 11.3 Å². The van der Waals surface area contributed by atoms with Crippen molar-refractivity contribution in [2.75, 3.05) is 23.7 Å². The van der Waals surface area contributed by atoms with Crippen LogP contribution in [-0.2, 0) is 0 Å². The van der Waals surface area contributed by atoms with Crippen LogP contribution in [0.5, 0.6) is 0 Å². The third-order valence-electron chi connectivity index (χ3n) is 2.93. The van der Waals surface area contributed by atoms with Crippen molar-refractivity contribution in [1.29, 1.82) is 0 Å². The van der Waals surface area contributed by atoms with Crippen molar-refractivity contribution < 1.29 is 4.79 Å². The molecular weight excluding hydrogens is 248 g/mol. The molecule has 0 bridgehead atoms. The summed E-state index contributed by atoms with van der Waals surface area (Å²) in [6, 6.07) is 1.92. The summed E-state index contributed by atoms with van der Waals surface area (Å²) in [4.78, 5) is 18.9. The lowest BCUT2D eigenvalue weighted by Crippen LogP contribution is -2.22. The third kappa shape index (κ3) is 1.88.